The molecule has 1 aliphatic carbocycles. The summed E-state index contributed by atoms with van der Waals surface area (Å²) in [5, 5.41) is 28.3. The zero-order valence-corrected chi connectivity index (χ0v) is 10.5. The van der Waals surface area contributed by atoms with Crippen LogP contribution in [0, 0.1) is 0 Å². The second-order valence-corrected chi connectivity index (χ2v) is 4.98. The van der Waals surface area contributed by atoms with Gasteiger partial charge < -0.3 is 15.3 Å². The van der Waals surface area contributed by atoms with Crippen LogP contribution >= 0.6 is 11.6 Å². The van der Waals surface area contributed by atoms with E-state index in [4.69, 9.17) is 16.7 Å². The second-order valence-electron chi connectivity index (χ2n) is 4.68. The number of hydrogen-bond donors (Lipinski definition) is 3. The van der Waals surface area contributed by atoms with Gasteiger partial charge in [-0.25, -0.2) is 0 Å². The van der Waals surface area contributed by atoms with Crippen molar-refractivity contribution in [3.8, 4) is 0 Å². The quantitative estimate of drug-likeness (QED) is 0.708. The normalized spacial score (nSPS) is 20.2. The van der Waals surface area contributed by atoms with Gasteiger partial charge in [-0.2, -0.15) is 0 Å². The summed E-state index contributed by atoms with van der Waals surface area (Å²) in [6.07, 6.45) is -0.772. The third-order valence-electron chi connectivity index (χ3n) is 3.49. The predicted octanol–water partition coefficient (Wildman–Crippen LogP) is 1.44. The highest BCUT2D eigenvalue weighted by atomic mass is 35.5. The van der Waals surface area contributed by atoms with Gasteiger partial charge in [-0.1, -0.05) is 24.3 Å². The van der Waals surface area contributed by atoms with Crippen molar-refractivity contribution in [2.75, 3.05) is 5.88 Å². The minimum atomic E-state index is -1.04. The van der Waals surface area contributed by atoms with E-state index < -0.39 is 23.6 Å². The largest absolute Gasteiger partial charge is 0.481 e. The summed E-state index contributed by atoms with van der Waals surface area (Å²) in [5.74, 6) is -0.862. The lowest BCUT2D eigenvalue weighted by Crippen LogP contribution is -2.21. The Morgan fingerprint density at radius 2 is 1.83 bits per heavy atom. The molecule has 3 N–H and O–H groups in total. The van der Waals surface area contributed by atoms with Gasteiger partial charge in [-0.05, 0) is 24.0 Å². The number of hydrogen-bond acceptors (Lipinski definition) is 3. The van der Waals surface area contributed by atoms with Gasteiger partial charge in [0, 0.05) is 0 Å². The Labute approximate surface area is 110 Å². The summed E-state index contributed by atoms with van der Waals surface area (Å²) in [4.78, 5) is 11.2. The lowest BCUT2D eigenvalue weighted by Gasteiger charge is -2.17. The Balaban J connectivity index is 2.18. The minimum Gasteiger partial charge on any atom is -0.481 e. The minimum absolute atomic E-state index is 0.0536. The number of rotatable bonds is 5. The molecular formula is C13H15ClO4. The molecule has 1 aromatic rings. The first-order chi connectivity index (χ1) is 8.51. The molecule has 1 aliphatic rings. The molecule has 18 heavy (non-hydrogen) atoms. The summed E-state index contributed by atoms with van der Waals surface area (Å²) in [6, 6.07) is 6.67. The van der Waals surface area contributed by atoms with Crippen LogP contribution in [0.1, 0.15) is 30.1 Å². The maximum absolute atomic E-state index is 11.2. The van der Waals surface area contributed by atoms with Crippen molar-refractivity contribution in [2.24, 2.45) is 0 Å². The van der Waals surface area contributed by atoms with Crippen LogP contribution < -0.4 is 0 Å². The number of carboxylic acids is 1. The first kappa shape index (κ1) is 13.3. The van der Waals surface area contributed by atoms with Crippen LogP contribution in [0.4, 0.5) is 0 Å². The number of carboxylic acid groups (broad SMARTS) is 1. The smallest absolute Gasteiger partial charge is 0.314 e. The number of alkyl halides is 1. The van der Waals surface area contributed by atoms with E-state index in [1.54, 1.807) is 24.3 Å². The van der Waals surface area contributed by atoms with Crippen molar-refractivity contribution in [1.82, 2.24) is 0 Å². The zero-order chi connectivity index (χ0) is 13.3. The molecule has 0 bridgehead atoms. The molecule has 2 rings (SSSR count). The molecule has 98 valence electrons. The fraction of sp³-hybridized carbons (Fsp3) is 0.462. The van der Waals surface area contributed by atoms with E-state index >= 15 is 0 Å². The molecule has 0 aliphatic heterocycles. The van der Waals surface area contributed by atoms with Crippen molar-refractivity contribution in [2.45, 2.75) is 30.5 Å². The van der Waals surface area contributed by atoms with Gasteiger partial charge in [0.1, 0.15) is 6.10 Å². The maximum Gasteiger partial charge on any atom is 0.314 e. The van der Waals surface area contributed by atoms with E-state index in [9.17, 15) is 15.0 Å². The number of carbonyl (C=O) groups is 1. The molecule has 0 amide bonds. The Kier molecular flexibility index (Phi) is 3.61. The Morgan fingerprint density at radius 3 is 2.22 bits per heavy atom. The number of aliphatic hydroxyl groups is 2. The fourth-order valence-corrected chi connectivity index (χ4v) is 2.23. The monoisotopic (exact) mass is 270 g/mol. The van der Waals surface area contributed by atoms with E-state index in [0.29, 0.717) is 18.4 Å². The molecular weight excluding hydrogens is 256 g/mol. The first-order valence-corrected chi connectivity index (χ1v) is 6.30. The Morgan fingerprint density at radius 1 is 1.28 bits per heavy atom. The van der Waals surface area contributed by atoms with Gasteiger partial charge >= 0.3 is 5.97 Å². The van der Waals surface area contributed by atoms with Gasteiger partial charge in [-0.15, -0.1) is 11.6 Å². The van der Waals surface area contributed by atoms with Crippen molar-refractivity contribution in [3.05, 3.63) is 35.4 Å². The van der Waals surface area contributed by atoms with E-state index in [0.717, 1.165) is 5.56 Å². The van der Waals surface area contributed by atoms with Crippen LogP contribution in [-0.2, 0) is 10.2 Å². The van der Waals surface area contributed by atoms with Gasteiger partial charge in [0.2, 0.25) is 0 Å². The second kappa shape index (κ2) is 4.88. The Hall–Kier alpha value is -1.10. The van der Waals surface area contributed by atoms with Gasteiger partial charge in [0.25, 0.3) is 0 Å². The van der Waals surface area contributed by atoms with Crippen LogP contribution in [0.5, 0.6) is 0 Å². The maximum atomic E-state index is 11.2. The standard InChI is InChI=1S/C13H15ClO4/c14-7-10(15)11(16)8-1-3-9(4-2-8)13(5-6-13)12(17)18/h1-4,10-11,15-16H,5-7H2,(H,17,18). The molecule has 0 spiro atoms. The van der Waals surface area contributed by atoms with Crippen LogP contribution in [0.25, 0.3) is 0 Å². The molecule has 0 aromatic heterocycles. The SMILES string of the molecule is O=C(O)C1(c2ccc(C(O)C(O)CCl)cc2)CC1. The average molecular weight is 271 g/mol. The van der Waals surface area contributed by atoms with Crippen LogP contribution in [0.3, 0.4) is 0 Å². The van der Waals surface area contributed by atoms with E-state index in [-0.39, 0.29) is 5.88 Å². The van der Waals surface area contributed by atoms with E-state index in [2.05, 4.69) is 0 Å². The molecule has 2 atom stereocenters. The highest BCUT2D eigenvalue weighted by Gasteiger charge is 2.51. The van der Waals surface area contributed by atoms with Crippen molar-refractivity contribution >= 4 is 17.6 Å². The van der Waals surface area contributed by atoms with Crippen LogP contribution in [-0.4, -0.2) is 33.3 Å². The average Bonchev–Trinajstić information content (AvgIpc) is 3.18. The molecule has 2 unspecified atom stereocenters. The first-order valence-electron chi connectivity index (χ1n) is 5.77. The van der Waals surface area contributed by atoms with Gasteiger partial charge in [0.15, 0.2) is 0 Å². The van der Waals surface area contributed by atoms with Crippen molar-refractivity contribution in [1.29, 1.82) is 0 Å². The van der Waals surface area contributed by atoms with Gasteiger partial charge in [0.05, 0.1) is 17.4 Å². The summed E-state index contributed by atoms with van der Waals surface area (Å²) >= 11 is 5.46. The van der Waals surface area contributed by atoms with Crippen molar-refractivity contribution in [3.63, 3.8) is 0 Å². The predicted molar refractivity (Wildman–Crippen MR) is 66.7 cm³/mol. The summed E-state index contributed by atoms with van der Waals surface area (Å²) < 4.78 is 0. The van der Waals surface area contributed by atoms with E-state index in [1.807, 2.05) is 0 Å². The lowest BCUT2D eigenvalue weighted by atomic mass is 9.94. The topological polar surface area (TPSA) is 77.8 Å². The number of aliphatic carboxylic acids is 1. The third kappa shape index (κ3) is 2.23. The highest BCUT2D eigenvalue weighted by Crippen LogP contribution is 2.48. The summed E-state index contributed by atoms with van der Waals surface area (Å²) in [6.45, 7) is 0. The molecule has 1 fully saturated rings. The summed E-state index contributed by atoms with van der Waals surface area (Å²) in [5.41, 5.74) is 0.536. The number of halogens is 1. The number of benzene rings is 1. The zero-order valence-electron chi connectivity index (χ0n) is 9.71. The van der Waals surface area contributed by atoms with E-state index in [1.165, 1.54) is 0 Å². The lowest BCUT2D eigenvalue weighted by molar-refractivity contribution is -0.140. The summed E-state index contributed by atoms with van der Waals surface area (Å²) in [7, 11) is 0. The molecule has 0 heterocycles. The molecule has 1 saturated carbocycles. The molecule has 5 heteroatoms. The molecule has 4 nitrogen and oxygen atoms in total. The van der Waals surface area contributed by atoms with Crippen LogP contribution in [0.15, 0.2) is 24.3 Å². The molecule has 0 saturated heterocycles. The van der Waals surface area contributed by atoms with Crippen LogP contribution in [0.2, 0.25) is 0 Å². The van der Waals surface area contributed by atoms with Crippen molar-refractivity contribution < 1.29 is 20.1 Å². The molecule has 1 aromatic carbocycles. The third-order valence-corrected chi connectivity index (χ3v) is 3.80. The Bertz CT molecular complexity index is 439. The number of aliphatic hydroxyl groups excluding tert-OH is 2. The molecule has 0 radical (unpaired) electrons. The highest BCUT2D eigenvalue weighted by molar-refractivity contribution is 6.18. The van der Waals surface area contributed by atoms with Gasteiger partial charge in [-0.3, -0.25) is 4.79 Å². The fourth-order valence-electron chi connectivity index (χ4n) is 2.06.